The van der Waals surface area contributed by atoms with E-state index in [1.807, 2.05) is 33.9 Å². The maximum absolute atomic E-state index is 12.9. The van der Waals surface area contributed by atoms with E-state index in [9.17, 15) is 13.2 Å². The summed E-state index contributed by atoms with van der Waals surface area (Å²) in [6.45, 7) is 9.85. The molecule has 6 nitrogen and oxygen atoms in total. The number of carbonyl (C=O) groups excluding carboxylic acids is 1. The summed E-state index contributed by atoms with van der Waals surface area (Å²) in [6.07, 6.45) is 0. The minimum absolute atomic E-state index is 0.0143. The van der Waals surface area contributed by atoms with Crippen molar-refractivity contribution in [3.8, 4) is 5.75 Å². The molecule has 8 heteroatoms. The maximum Gasteiger partial charge on any atom is 0.339 e. The molecule has 1 rings (SSSR count). The molecule has 130 valence electrons. The average Bonchev–Trinajstić information content (AvgIpc) is 2.43. The van der Waals surface area contributed by atoms with Crippen molar-refractivity contribution in [3.05, 3.63) is 23.8 Å². The first kappa shape index (κ1) is 19.7. The number of hydrogen-bond donors (Lipinski definition) is 1. The number of esters is 1. The lowest BCUT2D eigenvalue weighted by atomic mass is 10.2. The van der Waals surface area contributed by atoms with Crippen molar-refractivity contribution in [1.82, 2.24) is 4.39 Å². The van der Waals surface area contributed by atoms with Crippen LogP contribution in [0.4, 0.5) is 0 Å². The number of methoxy groups -OCH3 is 2. The second kappa shape index (κ2) is 6.62. The zero-order chi connectivity index (χ0) is 18.1. The van der Waals surface area contributed by atoms with E-state index in [1.165, 1.54) is 32.4 Å². The highest BCUT2D eigenvalue weighted by Crippen LogP contribution is 2.35. The molecule has 0 saturated carbocycles. The summed E-state index contributed by atoms with van der Waals surface area (Å²) in [5.74, 6) is -0.350. The van der Waals surface area contributed by atoms with Gasteiger partial charge in [-0.2, -0.15) is 0 Å². The second-order valence-electron chi connectivity index (χ2n) is 6.83. The number of carbonyl (C=O) groups is 1. The van der Waals surface area contributed by atoms with Crippen LogP contribution in [-0.4, -0.2) is 36.8 Å². The first-order valence-electron chi connectivity index (χ1n) is 7.16. The third-order valence-corrected chi connectivity index (χ3v) is 11.9. The number of benzene rings is 1. The number of nitrogens with one attached hydrogen (secondary N) is 1. The van der Waals surface area contributed by atoms with Crippen molar-refractivity contribution in [2.75, 3.05) is 14.2 Å². The minimum Gasteiger partial charge on any atom is -0.497 e. The standard InChI is InChI=1S/C15H25NO5SSi/c1-15(2,3)23(6,7)16-22(18,19)13-10-11(20-4)8-9-12(13)14(17)21-5/h8-10,16H,1-7H3. The molecular formula is C15H25NO5SSi. The molecule has 23 heavy (non-hydrogen) atoms. The SMILES string of the molecule is COC(=O)c1ccc(OC)cc1S(=O)(=O)N[Si](C)(C)C(C)(C)C. The highest BCUT2D eigenvalue weighted by Gasteiger charge is 2.40. The molecule has 0 heterocycles. The van der Waals surface area contributed by atoms with Gasteiger partial charge in [0, 0.05) is 6.07 Å². The molecule has 0 spiro atoms. The highest BCUT2D eigenvalue weighted by molar-refractivity contribution is 7.91. The fourth-order valence-electron chi connectivity index (χ4n) is 1.67. The van der Waals surface area contributed by atoms with Crippen LogP contribution in [-0.2, 0) is 14.8 Å². The van der Waals surface area contributed by atoms with Crippen LogP contribution in [0.5, 0.6) is 5.75 Å². The summed E-state index contributed by atoms with van der Waals surface area (Å²) < 4.78 is 38.3. The average molecular weight is 360 g/mol. The summed E-state index contributed by atoms with van der Waals surface area (Å²) in [4.78, 5) is 11.8. The molecule has 1 aromatic carbocycles. The summed E-state index contributed by atoms with van der Waals surface area (Å²) >= 11 is 0. The van der Waals surface area contributed by atoms with Gasteiger partial charge in [0.1, 0.15) is 14.0 Å². The summed E-state index contributed by atoms with van der Waals surface area (Å²) in [5.41, 5.74) is -0.0143. The number of ether oxygens (including phenoxy) is 2. The number of rotatable bonds is 5. The normalized spacial score (nSPS) is 12.8. The van der Waals surface area contributed by atoms with Gasteiger partial charge in [0.25, 0.3) is 0 Å². The molecule has 0 aliphatic heterocycles. The molecule has 0 aromatic heterocycles. The molecule has 0 radical (unpaired) electrons. The van der Waals surface area contributed by atoms with Gasteiger partial charge < -0.3 is 9.47 Å². The molecule has 0 atom stereocenters. The molecule has 0 aliphatic rings. The third kappa shape index (κ3) is 4.33. The Balaban J connectivity index is 3.45. The third-order valence-electron chi connectivity index (χ3n) is 4.15. The monoisotopic (exact) mass is 359 g/mol. The molecule has 0 unspecified atom stereocenters. The van der Waals surface area contributed by atoms with Crippen LogP contribution in [0.25, 0.3) is 0 Å². The van der Waals surface area contributed by atoms with Crippen LogP contribution in [0.1, 0.15) is 31.1 Å². The van der Waals surface area contributed by atoms with Gasteiger partial charge in [-0.1, -0.05) is 33.9 Å². The molecule has 0 bridgehead atoms. The van der Waals surface area contributed by atoms with Crippen LogP contribution < -0.4 is 9.12 Å². The fourth-order valence-corrected chi connectivity index (χ4v) is 6.74. The zero-order valence-corrected chi connectivity index (χ0v) is 16.5. The Morgan fingerprint density at radius 3 is 2.17 bits per heavy atom. The van der Waals surface area contributed by atoms with Gasteiger partial charge in [-0.25, -0.2) is 17.6 Å². The first-order valence-corrected chi connectivity index (χ1v) is 11.6. The number of hydrogen-bond acceptors (Lipinski definition) is 5. The smallest absolute Gasteiger partial charge is 0.339 e. The van der Waals surface area contributed by atoms with E-state index in [2.05, 4.69) is 9.12 Å². The van der Waals surface area contributed by atoms with E-state index < -0.39 is 24.2 Å². The maximum atomic E-state index is 12.9. The second-order valence-corrected chi connectivity index (χ2v) is 13.8. The Morgan fingerprint density at radius 2 is 1.74 bits per heavy atom. The molecule has 0 aliphatic carbocycles. The fraction of sp³-hybridized carbons (Fsp3) is 0.533. The molecule has 0 amide bonds. The van der Waals surface area contributed by atoms with E-state index in [0.29, 0.717) is 5.75 Å². The van der Waals surface area contributed by atoms with Crippen LogP contribution in [0.15, 0.2) is 23.1 Å². The Morgan fingerprint density at radius 1 is 1.17 bits per heavy atom. The topological polar surface area (TPSA) is 81.7 Å². The van der Waals surface area contributed by atoms with Crippen molar-refractivity contribution >= 4 is 24.2 Å². The van der Waals surface area contributed by atoms with E-state index >= 15 is 0 Å². The van der Waals surface area contributed by atoms with Crippen LogP contribution in [0.3, 0.4) is 0 Å². The van der Waals surface area contributed by atoms with Crippen LogP contribution in [0.2, 0.25) is 18.1 Å². The largest absolute Gasteiger partial charge is 0.497 e. The van der Waals surface area contributed by atoms with E-state index in [4.69, 9.17) is 4.74 Å². The first-order chi connectivity index (χ1) is 10.4. The summed E-state index contributed by atoms with van der Waals surface area (Å²) in [5, 5.41) is -0.190. The van der Waals surface area contributed by atoms with Crippen molar-refractivity contribution in [1.29, 1.82) is 0 Å². The Labute approximate surface area is 139 Å². The molecule has 0 fully saturated rings. The van der Waals surface area contributed by atoms with E-state index in [1.54, 1.807) is 0 Å². The Kier molecular flexibility index (Phi) is 5.66. The van der Waals surface area contributed by atoms with Gasteiger partial charge in [-0.15, -0.1) is 0 Å². The van der Waals surface area contributed by atoms with Gasteiger partial charge in [0.05, 0.1) is 24.7 Å². The van der Waals surface area contributed by atoms with Gasteiger partial charge in [-0.3, -0.25) is 0 Å². The Hall–Kier alpha value is -1.38. The van der Waals surface area contributed by atoms with E-state index in [-0.39, 0.29) is 15.5 Å². The predicted molar refractivity (Wildman–Crippen MR) is 91.9 cm³/mol. The highest BCUT2D eigenvalue weighted by atomic mass is 32.2. The Bertz CT molecular complexity index is 692. The lowest BCUT2D eigenvalue weighted by Crippen LogP contribution is -2.54. The van der Waals surface area contributed by atoms with Crippen LogP contribution in [0, 0.1) is 0 Å². The quantitative estimate of drug-likeness (QED) is 0.646. The van der Waals surface area contributed by atoms with Crippen molar-refractivity contribution in [2.45, 2.75) is 43.8 Å². The van der Waals surface area contributed by atoms with Gasteiger partial charge in [-0.05, 0) is 17.2 Å². The van der Waals surface area contributed by atoms with E-state index in [0.717, 1.165) is 0 Å². The minimum atomic E-state index is -3.89. The lowest BCUT2D eigenvalue weighted by Gasteiger charge is -2.36. The van der Waals surface area contributed by atoms with Gasteiger partial charge in [0.2, 0.25) is 10.0 Å². The van der Waals surface area contributed by atoms with Crippen LogP contribution >= 0.6 is 0 Å². The summed E-state index contributed by atoms with van der Waals surface area (Å²) in [6, 6.07) is 4.25. The number of sulfonamides is 1. The van der Waals surface area contributed by atoms with Crippen molar-refractivity contribution in [3.63, 3.8) is 0 Å². The summed E-state index contributed by atoms with van der Waals surface area (Å²) in [7, 11) is -3.59. The van der Waals surface area contributed by atoms with Gasteiger partial charge in [0.15, 0.2) is 0 Å². The molecule has 0 saturated heterocycles. The van der Waals surface area contributed by atoms with Crippen molar-refractivity contribution < 1.29 is 22.7 Å². The molecule has 1 N–H and O–H groups in total. The molecule has 1 aromatic rings. The zero-order valence-electron chi connectivity index (χ0n) is 14.7. The molecular weight excluding hydrogens is 334 g/mol. The van der Waals surface area contributed by atoms with Crippen molar-refractivity contribution in [2.24, 2.45) is 0 Å². The lowest BCUT2D eigenvalue weighted by molar-refractivity contribution is 0.0596. The van der Waals surface area contributed by atoms with Gasteiger partial charge >= 0.3 is 5.97 Å². The predicted octanol–water partition coefficient (Wildman–Crippen LogP) is 2.77.